The van der Waals surface area contributed by atoms with Crippen molar-refractivity contribution >= 4 is 11.9 Å². The van der Waals surface area contributed by atoms with E-state index in [0.29, 0.717) is 31.1 Å². The van der Waals surface area contributed by atoms with E-state index in [9.17, 15) is 0 Å². The molecule has 7 nitrogen and oxygen atoms in total. The summed E-state index contributed by atoms with van der Waals surface area (Å²) >= 11 is 0. The van der Waals surface area contributed by atoms with Crippen LogP contribution < -0.4 is 15.0 Å². The smallest absolute Gasteiger partial charge is 0.323 e. The second kappa shape index (κ2) is 7.37. The lowest BCUT2D eigenvalue weighted by atomic mass is 10.3. The van der Waals surface area contributed by atoms with Crippen molar-refractivity contribution in [3.05, 3.63) is 30.1 Å². The summed E-state index contributed by atoms with van der Waals surface area (Å²) in [5.74, 6) is 1.03. The second-order valence-corrected chi connectivity index (χ2v) is 4.52. The number of anilines is 2. The Kier molecular flexibility index (Phi) is 5.25. The van der Waals surface area contributed by atoms with Crippen LogP contribution in [-0.2, 0) is 6.54 Å². The zero-order chi connectivity index (χ0) is 15.1. The van der Waals surface area contributed by atoms with Gasteiger partial charge in [0, 0.05) is 20.3 Å². The fourth-order valence-electron chi connectivity index (χ4n) is 1.69. The summed E-state index contributed by atoms with van der Waals surface area (Å²) in [4.78, 5) is 19.1. The minimum Gasteiger partial charge on any atom is -0.463 e. The molecule has 2 heterocycles. The molecule has 0 saturated carbocycles. The van der Waals surface area contributed by atoms with Gasteiger partial charge in [-0.15, -0.1) is 0 Å². The highest BCUT2D eigenvalue weighted by atomic mass is 16.5. The van der Waals surface area contributed by atoms with Gasteiger partial charge < -0.3 is 15.0 Å². The molecule has 0 aliphatic rings. The molecule has 0 aliphatic heterocycles. The topological polar surface area (TPSA) is 76.1 Å². The van der Waals surface area contributed by atoms with Gasteiger partial charge in [-0.3, -0.25) is 4.98 Å². The minimum absolute atomic E-state index is 0.332. The van der Waals surface area contributed by atoms with Crippen molar-refractivity contribution in [1.29, 1.82) is 0 Å². The molecule has 0 saturated heterocycles. The Morgan fingerprint density at radius 3 is 2.76 bits per heavy atom. The lowest BCUT2D eigenvalue weighted by Gasteiger charge is -2.17. The molecule has 7 heteroatoms. The predicted molar refractivity (Wildman–Crippen MR) is 81.5 cm³/mol. The van der Waals surface area contributed by atoms with Gasteiger partial charge in [0.2, 0.25) is 11.9 Å². The van der Waals surface area contributed by atoms with Crippen molar-refractivity contribution in [2.75, 3.05) is 30.9 Å². The maximum absolute atomic E-state index is 5.49. The second-order valence-electron chi connectivity index (χ2n) is 4.52. The lowest BCUT2D eigenvalue weighted by Crippen LogP contribution is -2.21. The van der Waals surface area contributed by atoms with Crippen molar-refractivity contribution in [2.24, 2.45) is 0 Å². The van der Waals surface area contributed by atoms with E-state index in [2.05, 4.69) is 25.3 Å². The first-order valence-electron chi connectivity index (χ1n) is 6.90. The molecule has 0 bridgehead atoms. The third kappa shape index (κ3) is 4.27. The molecule has 0 amide bonds. The summed E-state index contributed by atoms with van der Waals surface area (Å²) in [5, 5.41) is 2.92. The molecule has 0 fully saturated rings. The highest BCUT2D eigenvalue weighted by Gasteiger charge is 2.11. The molecule has 112 valence electrons. The van der Waals surface area contributed by atoms with E-state index in [1.54, 1.807) is 13.2 Å². The Labute approximate surface area is 124 Å². The molecule has 0 unspecified atom stereocenters. The van der Waals surface area contributed by atoms with Crippen LogP contribution in [0, 0.1) is 0 Å². The third-order valence-electron chi connectivity index (χ3n) is 2.73. The zero-order valence-electron chi connectivity index (χ0n) is 12.6. The highest BCUT2D eigenvalue weighted by molar-refractivity contribution is 5.37. The number of hydrogen-bond acceptors (Lipinski definition) is 7. The van der Waals surface area contributed by atoms with Crippen LogP contribution >= 0.6 is 0 Å². The Morgan fingerprint density at radius 1 is 1.24 bits per heavy atom. The standard InChI is InChI=1S/C14H20N6O/c1-4-9-21-14-18-12(15-2)17-13(19-14)20(3)10-11-7-5-6-8-16-11/h5-8H,4,9-10H2,1-3H3,(H,15,17,18,19). The van der Waals surface area contributed by atoms with E-state index in [1.165, 1.54) is 0 Å². The van der Waals surface area contributed by atoms with Gasteiger partial charge in [-0.2, -0.15) is 15.0 Å². The van der Waals surface area contributed by atoms with E-state index in [4.69, 9.17) is 4.74 Å². The molecular weight excluding hydrogens is 268 g/mol. The number of nitrogens with zero attached hydrogens (tertiary/aromatic N) is 5. The van der Waals surface area contributed by atoms with Crippen molar-refractivity contribution in [3.8, 4) is 6.01 Å². The van der Waals surface area contributed by atoms with Crippen molar-refractivity contribution in [1.82, 2.24) is 19.9 Å². The molecule has 2 aromatic rings. The Morgan fingerprint density at radius 2 is 2.10 bits per heavy atom. The first-order chi connectivity index (χ1) is 10.2. The van der Waals surface area contributed by atoms with Gasteiger partial charge in [0.1, 0.15) is 0 Å². The molecule has 0 spiro atoms. The van der Waals surface area contributed by atoms with Crippen LogP contribution in [0.25, 0.3) is 0 Å². The number of aromatic nitrogens is 4. The van der Waals surface area contributed by atoms with E-state index in [0.717, 1.165) is 12.1 Å². The Bertz CT molecular complexity index is 563. The molecule has 0 atom stereocenters. The van der Waals surface area contributed by atoms with Gasteiger partial charge in [-0.1, -0.05) is 13.0 Å². The van der Waals surface area contributed by atoms with Crippen LogP contribution in [0.5, 0.6) is 6.01 Å². The largest absolute Gasteiger partial charge is 0.463 e. The zero-order valence-corrected chi connectivity index (χ0v) is 12.6. The van der Waals surface area contributed by atoms with Crippen LogP contribution in [0.3, 0.4) is 0 Å². The fraction of sp³-hybridized carbons (Fsp3) is 0.429. The molecule has 2 aromatic heterocycles. The highest BCUT2D eigenvalue weighted by Crippen LogP contribution is 2.15. The van der Waals surface area contributed by atoms with Gasteiger partial charge in [-0.05, 0) is 18.6 Å². The van der Waals surface area contributed by atoms with Crippen LogP contribution in [0.1, 0.15) is 19.0 Å². The maximum atomic E-state index is 5.49. The van der Waals surface area contributed by atoms with E-state index in [1.807, 2.05) is 37.1 Å². The molecule has 0 radical (unpaired) electrons. The normalized spacial score (nSPS) is 10.2. The molecular formula is C14H20N6O. The monoisotopic (exact) mass is 288 g/mol. The van der Waals surface area contributed by atoms with Crippen LogP contribution in [-0.4, -0.2) is 40.6 Å². The summed E-state index contributed by atoms with van der Waals surface area (Å²) in [6, 6.07) is 6.14. The maximum Gasteiger partial charge on any atom is 0.323 e. The molecule has 1 N–H and O–H groups in total. The van der Waals surface area contributed by atoms with Crippen molar-refractivity contribution < 1.29 is 4.74 Å². The molecule has 2 rings (SSSR count). The summed E-state index contributed by atoms with van der Waals surface area (Å²) in [7, 11) is 3.68. The Balaban J connectivity index is 2.16. The average Bonchev–Trinajstić information content (AvgIpc) is 2.53. The SMILES string of the molecule is CCCOc1nc(NC)nc(N(C)Cc2ccccn2)n1. The average molecular weight is 288 g/mol. The van der Waals surface area contributed by atoms with E-state index in [-0.39, 0.29) is 0 Å². The van der Waals surface area contributed by atoms with Crippen LogP contribution in [0.2, 0.25) is 0 Å². The number of rotatable bonds is 7. The van der Waals surface area contributed by atoms with E-state index >= 15 is 0 Å². The molecule has 0 aromatic carbocycles. The molecule has 0 aliphatic carbocycles. The lowest BCUT2D eigenvalue weighted by molar-refractivity contribution is 0.292. The van der Waals surface area contributed by atoms with Crippen molar-refractivity contribution in [2.45, 2.75) is 19.9 Å². The molecule has 21 heavy (non-hydrogen) atoms. The minimum atomic E-state index is 0.332. The van der Waals surface area contributed by atoms with Crippen LogP contribution in [0.15, 0.2) is 24.4 Å². The predicted octanol–water partition coefficient (Wildman–Crippen LogP) is 1.73. The first kappa shape index (κ1) is 15.0. The van der Waals surface area contributed by atoms with E-state index < -0.39 is 0 Å². The Hall–Kier alpha value is -2.44. The number of hydrogen-bond donors (Lipinski definition) is 1. The van der Waals surface area contributed by atoms with Gasteiger partial charge in [0.15, 0.2) is 0 Å². The van der Waals surface area contributed by atoms with Gasteiger partial charge >= 0.3 is 6.01 Å². The summed E-state index contributed by atoms with van der Waals surface area (Å²) in [6.45, 7) is 3.23. The first-order valence-corrected chi connectivity index (χ1v) is 6.90. The van der Waals surface area contributed by atoms with Gasteiger partial charge in [-0.25, -0.2) is 0 Å². The quantitative estimate of drug-likeness (QED) is 0.831. The summed E-state index contributed by atoms with van der Waals surface area (Å²) in [5.41, 5.74) is 0.947. The fourth-order valence-corrected chi connectivity index (χ4v) is 1.69. The van der Waals surface area contributed by atoms with Gasteiger partial charge in [0.25, 0.3) is 0 Å². The van der Waals surface area contributed by atoms with Crippen LogP contribution in [0.4, 0.5) is 11.9 Å². The number of ether oxygens (including phenoxy) is 1. The van der Waals surface area contributed by atoms with Crippen molar-refractivity contribution in [3.63, 3.8) is 0 Å². The summed E-state index contributed by atoms with van der Waals surface area (Å²) in [6.07, 6.45) is 2.67. The van der Waals surface area contributed by atoms with Gasteiger partial charge in [0.05, 0.1) is 18.8 Å². The third-order valence-corrected chi connectivity index (χ3v) is 2.73. The number of nitrogens with one attached hydrogen (secondary N) is 1. The summed E-state index contributed by atoms with van der Waals surface area (Å²) < 4.78 is 5.49. The number of pyridine rings is 1.